The number of esters is 1. The molecule has 1 N–H and O–H groups in total. The minimum absolute atomic E-state index is 0.0787. The minimum atomic E-state index is -0.899. The molecule has 0 aromatic carbocycles. The molecular formula is C9H12N2O3. The molecule has 1 rings (SSSR count). The van der Waals surface area contributed by atoms with Gasteiger partial charge in [-0.1, -0.05) is 0 Å². The summed E-state index contributed by atoms with van der Waals surface area (Å²) in [5.41, 5.74) is 1.22. The van der Waals surface area contributed by atoms with Gasteiger partial charge in [0.1, 0.15) is 6.33 Å². The third kappa shape index (κ3) is 2.50. The Morgan fingerprint density at radius 1 is 1.71 bits per heavy atom. The second kappa shape index (κ2) is 4.66. The summed E-state index contributed by atoms with van der Waals surface area (Å²) in [7, 11) is 1.28. The van der Waals surface area contributed by atoms with Crippen LogP contribution in [0.3, 0.4) is 0 Å². The molecule has 0 radical (unpaired) electrons. The smallest absolute Gasteiger partial charge is 0.308 e. The Morgan fingerprint density at radius 2 is 2.43 bits per heavy atom. The van der Waals surface area contributed by atoms with Crippen molar-refractivity contribution in [3.8, 4) is 0 Å². The summed E-state index contributed by atoms with van der Waals surface area (Å²) >= 11 is 0. The number of hydrogen-bond acceptors (Lipinski definition) is 5. The lowest BCUT2D eigenvalue weighted by Gasteiger charge is -2.10. The van der Waals surface area contributed by atoms with E-state index in [1.807, 2.05) is 0 Å². The van der Waals surface area contributed by atoms with Crippen LogP contribution in [0.1, 0.15) is 23.8 Å². The number of aliphatic hydroxyl groups is 1. The van der Waals surface area contributed by atoms with Gasteiger partial charge in [0, 0.05) is 17.5 Å². The van der Waals surface area contributed by atoms with Gasteiger partial charge in [0.15, 0.2) is 0 Å². The second-order valence-electron chi connectivity index (χ2n) is 2.86. The standard InChI is InChI=1S/C9H12N2O3/c1-6-7(4-10-5-11-6)8(12)3-9(13)14-2/h4-5,8,12H,3H2,1-2H3. The fourth-order valence-corrected chi connectivity index (χ4v) is 1.08. The van der Waals surface area contributed by atoms with Gasteiger partial charge in [0.2, 0.25) is 0 Å². The molecule has 14 heavy (non-hydrogen) atoms. The molecular weight excluding hydrogens is 184 g/mol. The van der Waals surface area contributed by atoms with Crippen LogP contribution in [-0.2, 0) is 9.53 Å². The fraction of sp³-hybridized carbons (Fsp3) is 0.444. The number of carbonyl (C=O) groups is 1. The van der Waals surface area contributed by atoms with E-state index < -0.39 is 12.1 Å². The number of carbonyl (C=O) groups excluding carboxylic acids is 1. The van der Waals surface area contributed by atoms with Crippen LogP contribution in [0.25, 0.3) is 0 Å². The Kier molecular flexibility index (Phi) is 3.53. The molecule has 0 saturated carbocycles. The Bertz CT molecular complexity index is 328. The molecule has 76 valence electrons. The molecule has 1 aromatic rings. The number of aryl methyl sites for hydroxylation is 1. The van der Waals surface area contributed by atoms with Crippen molar-refractivity contribution in [1.29, 1.82) is 0 Å². The molecule has 0 aliphatic carbocycles. The molecule has 0 aliphatic heterocycles. The molecule has 1 aromatic heterocycles. The maximum atomic E-state index is 10.9. The van der Waals surface area contributed by atoms with Gasteiger partial charge >= 0.3 is 5.97 Å². The minimum Gasteiger partial charge on any atom is -0.469 e. The monoisotopic (exact) mass is 196 g/mol. The Morgan fingerprint density at radius 3 is 3.00 bits per heavy atom. The SMILES string of the molecule is COC(=O)CC(O)c1cncnc1C. The molecule has 0 amide bonds. The molecule has 0 bridgehead atoms. The third-order valence-corrected chi connectivity index (χ3v) is 1.90. The van der Waals surface area contributed by atoms with Gasteiger partial charge < -0.3 is 9.84 Å². The first-order valence-electron chi connectivity index (χ1n) is 4.16. The van der Waals surface area contributed by atoms with Gasteiger partial charge in [-0.05, 0) is 6.92 Å². The van der Waals surface area contributed by atoms with Crippen molar-refractivity contribution in [2.24, 2.45) is 0 Å². The van der Waals surface area contributed by atoms with E-state index in [1.165, 1.54) is 19.6 Å². The van der Waals surface area contributed by atoms with Crippen molar-refractivity contribution < 1.29 is 14.6 Å². The lowest BCUT2D eigenvalue weighted by Crippen LogP contribution is -2.10. The predicted molar refractivity (Wildman–Crippen MR) is 48.4 cm³/mol. The van der Waals surface area contributed by atoms with Crippen molar-refractivity contribution in [2.45, 2.75) is 19.4 Å². The number of methoxy groups -OCH3 is 1. The lowest BCUT2D eigenvalue weighted by molar-refractivity contribution is -0.142. The number of nitrogens with zero attached hydrogens (tertiary/aromatic N) is 2. The quantitative estimate of drug-likeness (QED) is 0.707. The van der Waals surface area contributed by atoms with E-state index in [2.05, 4.69) is 14.7 Å². The Balaban J connectivity index is 2.74. The largest absolute Gasteiger partial charge is 0.469 e. The highest BCUT2D eigenvalue weighted by atomic mass is 16.5. The van der Waals surface area contributed by atoms with Crippen LogP contribution in [0.15, 0.2) is 12.5 Å². The zero-order valence-corrected chi connectivity index (χ0v) is 8.10. The number of rotatable bonds is 3. The number of ether oxygens (including phenoxy) is 1. The topological polar surface area (TPSA) is 72.3 Å². The average molecular weight is 196 g/mol. The predicted octanol–water partition coefficient (Wildman–Crippen LogP) is 0.382. The molecule has 1 unspecified atom stereocenters. The zero-order valence-electron chi connectivity index (χ0n) is 8.10. The summed E-state index contributed by atoms with van der Waals surface area (Å²) in [5.74, 6) is -0.458. The van der Waals surface area contributed by atoms with Crippen LogP contribution < -0.4 is 0 Å². The number of hydrogen-bond donors (Lipinski definition) is 1. The van der Waals surface area contributed by atoms with Crippen LogP contribution in [0.2, 0.25) is 0 Å². The van der Waals surface area contributed by atoms with Crippen molar-refractivity contribution in [3.05, 3.63) is 23.8 Å². The molecule has 5 heteroatoms. The van der Waals surface area contributed by atoms with Crippen LogP contribution in [0.4, 0.5) is 0 Å². The summed E-state index contributed by atoms with van der Waals surface area (Å²) in [5, 5.41) is 9.62. The summed E-state index contributed by atoms with van der Waals surface area (Å²) in [6.07, 6.45) is 1.91. The van der Waals surface area contributed by atoms with Crippen molar-refractivity contribution >= 4 is 5.97 Å². The van der Waals surface area contributed by atoms with Crippen LogP contribution >= 0.6 is 0 Å². The maximum Gasteiger partial charge on any atom is 0.308 e. The zero-order chi connectivity index (χ0) is 10.6. The fourth-order valence-electron chi connectivity index (χ4n) is 1.08. The van der Waals surface area contributed by atoms with Gasteiger partial charge in [-0.25, -0.2) is 9.97 Å². The van der Waals surface area contributed by atoms with Crippen LogP contribution in [-0.4, -0.2) is 28.2 Å². The Labute approximate surface area is 81.8 Å². The van der Waals surface area contributed by atoms with Gasteiger partial charge in [-0.2, -0.15) is 0 Å². The van der Waals surface area contributed by atoms with Crippen LogP contribution in [0, 0.1) is 6.92 Å². The highest BCUT2D eigenvalue weighted by Gasteiger charge is 2.15. The summed E-state index contributed by atoms with van der Waals surface area (Å²) < 4.78 is 4.44. The summed E-state index contributed by atoms with van der Waals surface area (Å²) in [6.45, 7) is 1.75. The van der Waals surface area contributed by atoms with E-state index in [0.29, 0.717) is 11.3 Å². The first-order valence-corrected chi connectivity index (χ1v) is 4.16. The third-order valence-electron chi connectivity index (χ3n) is 1.90. The van der Waals surface area contributed by atoms with Crippen molar-refractivity contribution in [3.63, 3.8) is 0 Å². The van der Waals surface area contributed by atoms with Gasteiger partial charge in [-0.15, -0.1) is 0 Å². The summed E-state index contributed by atoms with van der Waals surface area (Å²) in [4.78, 5) is 18.6. The second-order valence-corrected chi connectivity index (χ2v) is 2.86. The van der Waals surface area contributed by atoms with E-state index in [-0.39, 0.29) is 6.42 Å². The maximum absolute atomic E-state index is 10.9. The first kappa shape index (κ1) is 10.6. The molecule has 0 spiro atoms. The molecule has 1 heterocycles. The van der Waals surface area contributed by atoms with E-state index in [0.717, 1.165) is 0 Å². The summed E-state index contributed by atoms with van der Waals surface area (Å²) in [6, 6.07) is 0. The molecule has 0 fully saturated rings. The highest BCUT2D eigenvalue weighted by molar-refractivity contribution is 5.70. The number of aliphatic hydroxyl groups excluding tert-OH is 1. The highest BCUT2D eigenvalue weighted by Crippen LogP contribution is 2.17. The van der Waals surface area contributed by atoms with E-state index in [9.17, 15) is 9.90 Å². The van der Waals surface area contributed by atoms with Gasteiger partial charge in [-0.3, -0.25) is 4.79 Å². The Hall–Kier alpha value is -1.49. The van der Waals surface area contributed by atoms with Crippen molar-refractivity contribution in [1.82, 2.24) is 9.97 Å². The molecule has 5 nitrogen and oxygen atoms in total. The van der Waals surface area contributed by atoms with Gasteiger partial charge in [0.25, 0.3) is 0 Å². The number of aromatic nitrogens is 2. The van der Waals surface area contributed by atoms with Gasteiger partial charge in [0.05, 0.1) is 19.6 Å². The first-order chi connectivity index (χ1) is 6.65. The lowest BCUT2D eigenvalue weighted by atomic mass is 10.1. The normalized spacial score (nSPS) is 12.2. The van der Waals surface area contributed by atoms with E-state index in [4.69, 9.17) is 0 Å². The molecule has 1 atom stereocenters. The molecule has 0 saturated heterocycles. The molecule has 0 aliphatic rings. The van der Waals surface area contributed by atoms with E-state index in [1.54, 1.807) is 6.92 Å². The van der Waals surface area contributed by atoms with E-state index >= 15 is 0 Å². The van der Waals surface area contributed by atoms with Crippen LogP contribution in [0.5, 0.6) is 0 Å². The average Bonchev–Trinajstić information content (AvgIpc) is 2.18. The van der Waals surface area contributed by atoms with Crippen molar-refractivity contribution in [2.75, 3.05) is 7.11 Å².